The first-order valence-corrected chi connectivity index (χ1v) is 6.27. The third-order valence-corrected chi connectivity index (χ3v) is 2.69. The molecule has 0 radical (unpaired) electrons. The Balaban J connectivity index is 2.53. The number of aromatic nitrogens is 2. The third kappa shape index (κ3) is 4.24. The van der Waals surface area contributed by atoms with Gasteiger partial charge in [-0.25, -0.2) is 9.97 Å². The average Bonchev–Trinajstić information content (AvgIpc) is 2.17. The van der Waals surface area contributed by atoms with Crippen LogP contribution in [-0.4, -0.2) is 39.3 Å². The van der Waals surface area contributed by atoms with Crippen LogP contribution >= 0.6 is 0 Å². The fraction of sp³-hybridized carbons (Fsp3) is 0.556. The van der Waals surface area contributed by atoms with Gasteiger partial charge in [0.2, 0.25) is 5.95 Å². The minimum atomic E-state index is -0.818. The maximum atomic E-state index is 11.0. The molecule has 0 spiro atoms. The highest BCUT2D eigenvalue weighted by Crippen LogP contribution is 2.08. The molecule has 5 nitrogen and oxygen atoms in total. The molecule has 0 amide bonds. The lowest BCUT2D eigenvalue weighted by Crippen LogP contribution is -2.23. The summed E-state index contributed by atoms with van der Waals surface area (Å²) >= 11 is 0. The number of anilines is 1. The SMILES string of the molecule is COc1cnc(NC(C)CS(C)=O)nc1. The lowest BCUT2D eigenvalue weighted by Gasteiger charge is -2.11. The Labute approximate surface area is 91.7 Å². The third-order valence-electron chi connectivity index (χ3n) is 1.72. The first-order chi connectivity index (χ1) is 7.11. The van der Waals surface area contributed by atoms with Crippen molar-refractivity contribution in [2.75, 3.05) is 24.4 Å². The fourth-order valence-corrected chi connectivity index (χ4v) is 1.90. The minimum absolute atomic E-state index is 0.0872. The molecule has 6 heteroatoms. The fourth-order valence-electron chi connectivity index (χ4n) is 1.11. The summed E-state index contributed by atoms with van der Waals surface area (Å²) in [5.41, 5.74) is 0. The van der Waals surface area contributed by atoms with E-state index in [1.807, 2.05) is 6.92 Å². The zero-order valence-corrected chi connectivity index (χ0v) is 9.87. The first-order valence-electron chi connectivity index (χ1n) is 4.54. The van der Waals surface area contributed by atoms with Gasteiger partial charge in [-0.2, -0.15) is 0 Å². The van der Waals surface area contributed by atoms with Crippen molar-refractivity contribution in [3.63, 3.8) is 0 Å². The molecule has 15 heavy (non-hydrogen) atoms. The van der Waals surface area contributed by atoms with Gasteiger partial charge in [0.05, 0.1) is 19.5 Å². The molecule has 0 aliphatic rings. The van der Waals surface area contributed by atoms with E-state index in [1.165, 1.54) is 0 Å². The summed E-state index contributed by atoms with van der Waals surface area (Å²) in [7, 11) is 0.746. The minimum Gasteiger partial charge on any atom is -0.494 e. The summed E-state index contributed by atoms with van der Waals surface area (Å²) in [5.74, 6) is 1.72. The maximum Gasteiger partial charge on any atom is 0.223 e. The molecular weight excluding hydrogens is 214 g/mol. The number of ether oxygens (including phenoxy) is 1. The normalized spacial score (nSPS) is 14.3. The van der Waals surface area contributed by atoms with Crippen LogP contribution in [-0.2, 0) is 10.8 Å². The van der Waals surface area contributed by atoms with E-state index in [9.17, 15) is 4.21 Å². The van der Waals surface area contributed by atoms with Gasteiger partial charge in [0.25, 0.3) is 0 Å². The van der Waals surface area contributed by atoms with Crippen LogP contribution in [0.5, 0.6) is 5.75 Å². The summed E-state index contributed by atoms with van der Waals surface area (Å²) in [5, 5.41) is 3.05. The van der Waals surface area contributed by atoms with Crippen molar-refractivity contribution in [3.05, 3.63) is 12.4 Å². The highest BCUT2D eigenvalue weighted by molar-refractivity contribution is 7.84. The largest absolute Gasteiger partial charge is 0.494 e. The van der Waals surface area contributed by atoms with Crippen LogP contribution in [0.2, 0.25) is 0 Å². The molecule has 2 unspecified atom stereocenters. The van der Waals surface area contributed by atoms with E-state index in [2.05, 4.69) is 15.3 Å². The van der Waals surface area contributed by atoms with E-state index in [0.29, 0.717) is 17.5 Å². The van der Waals surface area contributed by atoms with Gasteiger partial charge in [0, 0.05) is 28.9 Å². The number of nitrogens with zero attached hydrogens (tertiary/aromatic N) is 2. The molecule has 0 aliphatic carbocycles. The molecule has 2 atom stereocenters. The molecule has 84 valence electrons. The second-order valence-electron chi connectivity index (χ2n) is 3.23. The molecule has 0 aromatic carbocycles. The van der Waals surface area contributed by atoms with Crippen molar-refractivity contribution in [2.45, 2.75) is 13.0 Å². The molecule has 1 N–H and O–H groups in total. The van der Waals surface area contributed by atoms with Crippen LogP contribution in [0.15, 0.2) is 12.4 Å². The monoisotopic (exact) mass is 229 g/mol. The molecule has 0 saturated heterocycles. The zero-order chi connectivity index (χ0) is 11.3. The molecule has 0 saturated carbocycles. The molecule has 0 bridgehead atoms. The van der Waals surface area contributed by atoms with Crippen molar-refractivity contribution >= 4 is 16.7 Å². The van der Waals surface area contributed by atoms with Crippen LogP contribution in [0.4, 0.5) is 5.95 Å². The second kappa shape index (κ2) is 5.65. The summed E-state index contributed by atoms with van der Waals surface area (Å²) in [4.78, 5) is 8.10. The van der Waals surface area contributed by atoms with Gasteiger partial charge in [-0.1, -0.05) is 0 Å². The Morgan fingerprint density at radius 1 is 1.53 bits per heavy atom. The van der Waals surface area contributed by atoms with Gasteiger partial charge < -0.3 is 10.1 Å². The number of hydrogen-bond acceptors (Lipinski definition) is 5. The van der Waals surface area contributed by atoms with Crippen molar-refractivity contribution in [2.24, 2.45) is 0 Å². The van der Waals surface area contributed by atoms with Gasteiger partial charge in [0.15, 0.2) is 5.75 Å². The average molecular weight is 229 g/mol. The Morgan fingerprint density at radius 2 is 2.13 bits per heavy atom. The summed E-state index contributed by atoms with van der Waals surface area (Å²) in [6, 6.07) is 0.0872. The quantitative estimate of drug-likeness (QED) is 0.803. The van der Waals surface area contributed by atoms with E-state index in [1.54, 1.807) is 25.8 Å². The van der Waals surface area contributed by atoms with Crippen LogP contribution < -0.4 is 10.1 Å². The Kier molecular flexibility index (Phi) is 4.48. The Hall–Kier alpha value is -1.17. The van der Waals surface area contributed by atoms with Gasteiger partial charge in [-0.3, -0.25) is 4.21 Å². The van der Waals surface area contributed by atoms with Gasteiger partial charge in [-0.15, -0.1) is 0 Å². The number of hydrogen-bond donors (Lipinski definition) is 1. The molecular formula is C9H15N3O2S. The van der Waals surface area contributed by atoms with Gasteiger partial charge in [0.1, 0.15) is 0 Å². The summed E-state index contributed by atoms with van der Waals surface area (Å²) < 4.78 is 15.9. The van der Waals surface area contributed by atoms with E-state index < -0.39 is 10.8 Å². The van der Waals surface area contributed by atoms with E-state index in [4.69, 9.17) is 4.74 Å². The van der Waals surface area contributed by atoms with Crippen LogP contribution in [0.3, 0.4) is 0 Å². The number of nitrogens with one attached hydrogen (secondary N) is 1. The molecule has 1 heterocycles. The topological polar surface area (TPSA) is 64.1 Å². The molecule has 1 aromatic rings. The van der Waals surface area contributed by atoms with Crippen LogP contribution in [0, 0.1) is 0 Å². The van der Waals surface area contributed by atoms with E-state index in [-0.39, 0.29) is 6.04 Å². The van der Waals surface area contributed by atoms with Crippen molar-refractivity contribution in [1.29, 1.82) is 0 Å². The predicted molar refractivity (Wildman–Crippen MR) is 60.6 cm³/mol. The van der Waals surface area contributed by atoms with Crippen molar-refractivity contribution in [1.82, 2.24) is 9.97 Å². The lowest BCUT2D eigenvalue weighted by molar-refractivity contribution is 0.411. The van der Waals surface area contributed by atoms with Crippen LogP contribution in [0.25, 0.3) is 0 Å². The number of methoxy groups -OCH3 is 1. The van der Waals surface area contributed by atoms with Crippen molar-refractivity contribution < 1.29 is 8.95 Å². The van der Waals surface area contributed by atoms with Gasteiger partial charge in [-0.05, 0) is 6.92 Å². The molecule has 1 aromatic heterocycles. The van der Waals surface area contributed by atoms with Gasteiger partial charge >= 0.3 is 0 Å². The smallest absolute Gasteiger partial charge is 0.223 e. The zero-order valence-electron chi connectivity index (χ0n) is 9.06. The maximum absolute atomic E-state index is 11.0. The Bertz CT molecular complexity index is 329. The second-order valence-corrected chi connectivity index (χ2v) is 4.71. The van der Waals surface area contributed by atoms with Crippen LogP contribution in [0.1, 0.15) is 6.92 Å². The molecule has 0 aliphatic heterocycles. The summed E-state index contributed by atoms with van der Waals surface area (Å²) in [6.45, 7) is 1.94. The standard InChI is InChI=1S/C9H15N3O2S/c1-7(6-15(3)13)12-9-10-4-8(14-2)5-11-9/h4-5,7H,6H2,1-3H3,(H,10,11,12). The highest BCUT2D eigenvalue weighted by Gasteiger charge is 2.05. The molecule has 0 fully saturated rings. The molecule has 1 rings (SSSR count). The van der Waals surface area contributed by atoms with E-state index >= 15 is 0 Å². The lowest BCUT2D eigenvalue weighted by atomic mass is 10.4. The van der Waals surface area contributed by atoms with E-state index in [0.717, 1.165) is 0 Å². The Morgan fingerprint density at radius 3 is 2.60 bits per heavy atom. The highest BCUT2D eigenvalue weighted by atomic mass is 32.2. The van der Waals surface area contributed by atoms with Crippen molar-refractivity contribution in [3.8, 4) is 5.75 Å². The number of rotatable bonds is 5. The summed E-state index contributed by atoms with van der Waals surface area (Å²) in [6.07, 6.45) is 4.85. The first kappa shape index (κ1) is 11.9. The predicted octanol–water partition coefficient (Wildman–Crippen LogP) is 0.664.